The molecule has 3 rings (SSSR count). The summed E-state index contributed by atoms with van der Waals surface area (Å²) in [5, 5.41) is 3.22. The Labute approximate surface area is 126 Å². The van der Waals surface area contributed by atoms with Crippen LogP contribution in [-0.2, 0) is 13.0 Å². The summed E-state index contributed by atoms with van der Waals surface area (Å²) in [4.78, 5) is 18.9. The molecule has 1 aliphatic carbocycles. The second-order valence-electron chi connectivity index (χ2n) is 6.59. The largest absolute Gasteiger partial charge is 0.335 e. The number of fused-ring (bicyclic) bond motifs is 1. The molecule has 0 bridgehead atoms. The van der Waals surface area contributed by atoms with Crippen molar-refractivity contribution in [3.8, 4) is 0 Å². The average molecular weight is 290 g/mol. The van der Waals surface area contributed by atoms with E-state index in [9.17, 15) is 4.79 Å². The molecular weight excluding hydrogens is 264 g/mol. The third kappa shape index (κ3) is 3.06. The van der Waals surface area contributed by atoms with E-state index < -0.39 is 0 Å². The van der Waals surface area contributed by atoms with E-state index >= 15 is 0 Å². The van der Waals surface area contributed by atoms with Crippen LogP contribution in [0.5, 0.6) is 0 Å². The van der Waals surface area contributed by atoms with Crippen molar-refractivity contribution in [2.75, 3.05) is 6.54 Å². The van der Waals surface area contributed by atoms with E-state index in [0.29, 0.717) is 18.6 Å². The number of urea groups is 1. The fourth-order valence-electron chi connectivity index (χ4n) is 3.44. The number of imidazole rings is 1. The molecule has 0 spiro atoms. The molecule has 21 heavy (non-hydrogen) atoms. The molecular formula is C16H26N4O. The topological polar surface area (TPSA) is 50.2 Å². The van der Waals surface area contributed by atoms with Gasteiger partial charge in [0.15, 0.2) is 0 Å². The zero-order valence-corrected chi connectivity index (χ0v) is 13.1. The molecule has 5 nitrogen and oxygen atoms in total. The van der Waals surface area contributed by atoms with E-state index in [-0.39, 0.29) is 6.03 Å². The van der Waals surface area contributed by atoms with Crippen LogP contribution in [0.1, 0.15) is 63.4 Å². The normalized spacial score (nSPS) is 19.7. The molecule has 0 radical (unpaired) electrons. The maximum absolute atomic E-state index is 12.5. The number of aromatic nitrogens is 2. The van der Waals surface area contributed by atoms with Crippen LogP contribution in [0.2, 0.25) is 0 Å². The lowest BCUT2D eigenvalue weighted by Crippen LogP contribution is -2.47. The lowest BCUT2D eigenvalue weighted by Gasteiger charge is -2.31. The first-order valence-corrected chi connectivity index (χ1v) is 8.25. The minimum atomic E-state index is 0.101. The molecule has 1 fully saturated rings. The molecule has 1 aliphatic heterocycles. The van der Waals surface area contributed by atoms with Crippen LogP contribution < -0.4 is 5.32 Å². The van der Waals surface area contributed by atoms with Gasteiger partial charge in [-0.1, -0.05) is 19.3 Å². The number of hydrogen-bond acceptors (Lipinski definition) is 2. The van der Waals surface area contributed by atoms with E-state index in [2.05, 4.69) is 28.7 Å². The van der Waals surface area contributed by atoms with Crippen LogP contribution >= 0.6 is 0 Å². The van der Waals surface area contributed by atoms with E-state index in [4.69, 9.17) is 0 Å². The van der Waals surface area contributed by atoms with Gasteiger partial charge in [-0.3, -0.25) is 0 Å². The molecule has 1 aromatic heterocycles. The Balaban J connectivity index is 1.64. The molecule has 116 valence electrons. The highest BCUT2D eigenvalue weighted by atomic mass is 16.2. The summed E-state index contributed by atoms with van der Waals surface area (Å²) in [6, 6.07) is 0.870. The van der Waals surface area contributed by atoms with Gasteiger partial charge in [-0.25, -0.2) is 9.78 Å². The fraction of sp³-hybridized carbons (Fsp3) is 0.750. The molecule has 1 aromatic rings. The fourth-order valence-corrected chi connectivity index (χ4v) is 3.44. The Morgan fingerprint density at radius 3 is 2.81 bits per heavy atom. The zero-order chi connectivity index (χ0) is 14.8. The summed E-state index contributed by atoms with van der Waals surface area (Å²) in [5.74, 6) is 0. The van der Waals surface area contributed by atoms with Gasteiger partial charge in [-0.2, -0.15) is 0 Å². The molecule has 2 amide bonds. The summed E-state index contributed by atoms with van der Waals surface area (Å²) in [5.41, 5.74) is 2.36. The van der Waals surface area contributed by atoms with Gasteiger partial charge in [0.1, 0.15) is 0 Å². The molecule has 0 saturated heterocycles. The van der Waals surface area contributed by atoms with Gasteiger partial charge < -0.3 is 14.8 Å². The predicted octanol–water partition coefficient (Wildman–Crippen LogP) is 2.86. The number of carbonyl (C=O) groups is 1. The minimum absolute atomic E-state index is 0.101. The molecule has 1 saturated carbocycles. The maximum atomic E-state index is 12.5. The highest BCUT2D eigenvalue weighted by molar-refractivity contribution is 5.74. The Morgan fingerprint density at radius 2 is 2.10 bits per heavy atom. The first kappa shape index (κ1) is 14.4. The van der Waals surface area contributed by atoms with Crippen molar-refractivity contribution >= 4 is 6.03 Å². The Kier molecular flexibility index (Phi) is 4.17. The molecule has 0 unspecified atom stereocenters. The smallest absolute Gasteiger partial charge is 0.317 e. The standard InChI is InChI=1S/C16H26N4O/c1-12(2)20-11-17-14-8-9-19(10-15(14)20)16(21)18-13-6-4-3-5-7-13/h11-13H,3-10H2,1-2H3,(H,18,21). The van der Waals surface area contributed by atoms with Crippen molar-refractivity contribution in [3.05, 3.63) is 17.7 Å². The van der Waals surface area contributed by atoms with Crippen molar-refractivity contribution < 1.29 is 4.79 Å². The quantitative estimate of drug-likeness (QED) is 0.910. The number of nitrogens with zero attached hydrogens (tertiary/aromatic N) is 3. The maximum Gasteiger partial charge on any atom is 0.317 e. The first-order chi connectivity index (χ1) is 10.1. The second kappa shape index (κ2) is 6.08. The Morgan fingerprint density at radius 1 is 1.33 bits per heavy atom. The van der Waals surface area contributed by atoms with Crippen LogP contribution in [0.15, 0.2) is 6.33 Å². The van der Waals surface area contributed by atoms with Gasteiger partial charge in [0.2, 0.25) is 0 Å². The van der Waals surface area contributed by atoms with Gasteiger partial charge in [0.05, 0.1) is 24.3 Å². The van der Waals surface area contributed by atoms with Crippen molar-refractivity contribution in [1.29, 1.82) is 0 Å². The summed E-state index contributed by atoms with van der Waals surface area (Å²) >= 11 is 0. The van der Waals surface area contributed by atoms with Crippen molar-refractivity contribution in [1.82, 2.24) is 19.8 Å². The number of rotatable bonds is 2. The van der Waals surface area contributed by atoms with Crippen molar-refractivity contribution in [2.24, 2.45) is 0 Å². The Hall–Kier alpha value is -1.52. The number of amides is 2. The number of carbonyl (C=O) groups excluding carboxylic acids is 1. The summed E-state index contributed by atoms with van der Waals surface area (Å²) in [7, 11) is 0. The predicted molar refractivity (Wildman–Crippen MR) is 82.1 cm³/mol. The van der Waals surface area contributed by atoms with E-state index in [1.165, 1.54) is 25.0 Å². The van der Waals surface area contributed by atoms with Gasteiger partial charge in [-0.15, -0.1) is 0 Å². The monoisotopic (exact) mass is 290 g/mol. The van der Waals surface area contributed by atoms with Gasteiger partial charge in [0, 0.05) is 25.0 Å². The summed E-state index contributed by atoms with van der Waals surface area (Å²) in [6.45, 7) is 5.78. The van der Waals surface area contributed by atoms with Crippen molar-refractivity contribution in [2.45, 2.75) is 71.0 Å². The van der Waals surface area contributed by atoms with Gasteiger partial charge >= 0.3 is 6.03 Å². The summed E-state index contributed by atoms with van der Waals surface area (Å²) in [6.07, 6.45) is 8.85. The van der Waals surface area contributed by atoms with E-state index in [0.717, 1.165) is 31.5 Å². The third-order valence-electron chi connectivity index (χ3n) is 4.72. The first-order valence-electron chi connectivity index (χ1n) is 8.25. The van der Waals surface area contributed by atoms with Gasteiger partial charge in [-0.05, 0) is 26.7 Å². The van der Waals surface area contributed by atoms with E-state index in [1.54, 1.807) is 0 Å². The average Bonchev–Trinajstić information content (AvgIpc) is 2.91. The number of nitrogens with one attached hydrogen (secondary N) is 1. The van der Waals surface area contributed by atoms with E-state index in [1.807, 2.05) is 11.2 Å². The lowest BCUT2D eigenvalue weighted by atomic mass is 9.96. The molecule has 1 N–H and O–H groups in total. The highest BCUT2D eigenvalue weighted by Gasteiger charge is 2.26. The molecule has 2 aliphatic rings. The van der Waals surface area contributed by atoms with Crippen LogP contribution in [0.25, 0.3) is 0 Å². The Bertz CT molecular complexity index is 502. The molecule has 0 atom stereocenters. The highest BCUT2D eigenvalue weighted by Crippen LogP contribution is 2.22. The molecule has 2 heterocycles. The second-order valence-corrected chi connectivity index (χ2v) is 6.59. The van der Waals surface area contributed by atoms with Crippen LogP contribution in [0, 0.1) is 0 Å². The van der Waals surface area contributed by atoms with Crippen LogP contribution in [0.4, 0.5) is 4.79 Å². The van der Waals surface area contributed by atoms with Crippen molar-refractivity contribution in [3.63, 3.8) is 0 Å². The molecule has 5 heteroatoms. The SMILES string of the molecule is CC(C)n1cnc2c1CN(C(=O)NC1CCCCC1)CC2. The molecule has 0 aromatic carbocycles. The number of hydrogen-bond donors (Lipinski definition) is 1. The minimum Gasteiger partial charge on any atom is -0.335 e. The van der Waals surface area contributed by atoms with Crippen LogP contribution in [0.3, 0.4) is 0 Å². The lowest BCUT2D eigenvalue weighted by molar-refractivity contribution is 0.182. The van der Waals surface area contributed by atoms with Gasteiger partial charge in [0.25, 0.3) is 0 Å². The summed E-state index contributed by atoms with van der Waals surface area (Å²) < 4.78 is 2.19. The third-order valence-corrected chi connectivity index (χ3v) is 4.72. The zero-order valence-electron chi connectivity index (χ0n) is 13.1. The van der Waals surface area contributed by atoms with Crippen LogP contribution in [-0.4, -0.2) is 33.1 Å².